The van der Waals surface area contributed by atoms with Gasteiger partial charge in [-0.3, -0.25) is 0 Å². The quantitative estimate of drug-likeness (QED) is 0.603. The summed E-state index contributed by atoms with van der Waals surface area (Å²) in [7, 11) is 0. The van der Waals surface area contributed by atoms with Crippen LogP contribution in [0, 0.1) is 3.57 Å². The smallest absolute Gasteiger partial charge is 0.164 e. The Kier molecular flexibility index (Phi) is 2.64. The van der Waals surface area contributed by atoms with Crippen LogP contribution >= 0.6 is 45.2 Å². The third-order valence-corrected chi connectivity index (χ3v) is 3.01. The van der Waals surface area contributed by atoms with Crippen molar-refractivity contribution < 1.29 is 4.74 Å². The summed E-state index contributed by atoms with van der Waals surface area (Å²) in [6.07, 6.45) is 2.01. The van der Waals surface area contributed by atoms with E-state index in [2.05, 4.69) is 70.0 Å². The molecule has 0 N–H and O–H groups in total. The molecule has 1 aliphatic rings. The highest BCUT2D eigenvalue weighted by Crippen LogP contribution is 2.32. The molecule has 0 fully saturated rings. The van der Waals surface area contributed by atoms with Crippen LogP contribution in [0.4, 0.5) is 0 Å². The molecule has 0 saturated heterocycles. The molecule has 0 saturated carbocycles. The highest BCUT2D eigenvalue weighted by molar-refractivity contribution is 14.1. The van der Waals surface area contributed by atoms with Gasteiger partial charge in [-0.05, 0) is 69.0 Å². The summed E-state index contributed by atoms with van der Waals surface area (Å²) in [4.78, 5) is 0. The minimum Gasteiger partial charge on any atom is -0.451 e. The van der Waals surface area contributed by atoms with Gasteiger partial charge >= 0.3 is 0 Å². The van der Waals surface area contributed by atoms with Crippen molar-refractivity contribution in [2.45, 2.75) is 0 Å². The molecule has 0 radical (unpaired) electrons. The maximum atomic E-state index is 5.42. The maximum absolute atomic E-state index is 5.42. The summed E-state index contributed by atoms with van der Waals surface area (Å²) in [6.45, 7) is 3.88. The topological polar surface area (TPSA) is 9.23 Å². The Labute approximate surface area is 104 Å². The van der Waals surface area contributed by atoms with Crippen molar-refractivity contribution in [2.75, 3.05) is 0 Å². The predicted octanol–water partition coefficient (Wildman–Crippen LogP) is 4.03. The lowest BCUT2D eigenvalue weighted by Crippen LogP contribution is -1.97. The van der Waals surface area contributed by atoms with E-state index in [4.69, 9.17) is 4.74 Å². The molecule has 1 aromatic carbocycles. The van der Waals surface area contributed by atoms with Gasteiger partial charge in [0.2, 0.25) is 0 Å². The van der Waals surface area contributed by atoms with Crippen molar-refractivity contribution in [3.8, 4) is 0 Å². The first-order chi connectivity index (χ1) is 6.16. The Balaban J connectivity index is 2.63. The molecule has 0 spiro atoms. The van der Waals surface area contributed by atoms with Gasteiger partial charge in [0.25, 0.3) is 0 Å². The number of halogens is 2. The number of hydrogen-bond donors (Lipinski definition) is 0. The second-order valence-electron chi connectivity index (χ2n) is 2.71. The monoisotopic (exact) mass is 396 g/mol. The molecule has 13 heavy (non-hydrogen) atoms. The van der Waals surface area contributed by atoms with E-state index in [1.807, 2.05) is 6.08 Å². The van der Waals surface area contributed by atoms with Crippen molar-refractivity contribution in [1.82, 2.24) is 0 Å². The minimum atomic E-state index is 0.736. The van der Waals surface area contributed by atoms with Crippen molar-refractivity contribution >= 4 is 57.0 Å². The highest BCUT2D eigenvalue weighted by atomic mass is 127. The normalized spacial score (nSPS) is 14.6. The first-order valence-corrected chi connectivity index (χ1v) is 5.86. The molecule has 1 nitrogen and oxygen atoms in total. The molecule has 1 heterocycles. The largest absolute Gasteiger partial charge is 0.451 e. The number of benzene rings is 1. The second kappa shape index (κ2) is 3.61. The molecule has 1 aromatic rings. The lowest BCUT2D eigenvalue weighted by molar-refractivity contribution is 0.431. The lowest BCUT2D eigenvalue weighted by atomic mass is 10.1. The average molecular weight is 396 g/mol. The van der Waals surface area contributed by atoms with Crippen molar-refractivity contribution in [3.05, 3.63) is 43.2 Å². The van der Waals surface area contributed by atoms with Crippen molar-refractivity contribution in [1.29, 1.82) is 0 Å². The molecule has 0 amide bonds. The van der Waals surface area contributed by atoms with Gasteiger partial charge in [0, 0.05) is 9.13 Å². The predicted molar refractivity (Wildman–Crippen MR) is 71.3 cm³/mol. The molecule has 0 aliphatic carbocycles. The molecule has 0 unspecified atom stereocenters. The zero-order chi connectivity index (χ0) is 9.42. The van der Waals surface area contributed by atoms with Crippen molar-refractivity contribution in [2.24, 2.45) is 0 Å². The SMILES string of the molecule is C=C1OC(I)=Cc2ccc(I)cc21. The highest BCUT2D eigenvalue weighted by Gasteiger charge is 2.13. The van der Waals surface area contributed by atoms with Gasteiger partial charge in [0.1, 0.15) is 5.76 Å². The molecule has 2 rings (SSSR count). The zero-order valence-electron chi connectivity index (χ0n) is 6.68. The van der Waals surface area contributed by atoms with Crippen molar-refractivity contribution in [3.63, 3.8) is 0 Å². The average Bonchev–Trinajstić information content (AvgIpc) is 2.06. The number of rotatable bonds is 0. The van der Waals surface area contributed by atoms with E-state index in [-0.39, 0.29) is 0 Å². The summed E-state index contributed by atoms with van der Waals surface area (Å²) in [5, 5.41) is 0. The van der Waals surface area contributed by atoms with Crippen LogP contribution in [0.1, 0.15) is 11.1 Å². The Hall–Kier alpha value is -0.0400. The molecule has 0 atom stereocenters. The van der Waals surface area contributed by atoms with Gasteiger partial charge < -0.3 is 4.74 Å². The van der Waals surface area contributed by atoms with Crippen LogP contribution in [0.25, 0.3) is 11.8 Å². The molecular formula is C10H6I2O. The number of ether oxygens (including phenoxy) is 1. The Morgan fingerprint density at radius 1 is 1.23 bits per heavy atom. The Morgan fingerprint density at radius 2 is 2.00 bits per heavy atom. The first-order valence-electron chi connectivity index (χ1n) is 3.71. The van der Waals surface area contributed by atoms with E-state index in [1.165, 1.54) is 9.13 Å². The number of hydrogen-bond acceptors (Lipinski definition) is 1. The van der Waals surface area contributed by atoms with Gasteiger partial charge in [-0.25, -0.2) is 0 Å². The number of fused-ring (bicyclic) bond motifs is 1. The van der Waals surface area contributed by atoms with Crippen LogP contribution in [-0.2, 0) is 4.74 Å². The third kappa shape index (κ3) is 1.90. The van der Waals surface area contributed by atoms with Crippen LogP contribution in [0.2, 0.25) is 0 Å². The summed E-state index contributed by atoms with van der Waals surface area (Å²) >= 11 is 4.44. The van der Waals surface area contributed by atoms with E-state index < -0.39 is 0 Å². The lowest BCUT2D eigenvalue weighted by Gasteiger charge is -2.16. The summed E-state index contributed by atoms with van der Waals surface area (Å²) < 4.78 is 7.49. The summed E-state index contributed by atoms with van der Waals surface area (Å²) in [6, 6.07) is 6.25. The fourth-order valence-corrected chi connectivity index (χ4v) is 2.31. The standard InChI is InChI=1S/C10H6I2O/c1-6-9-5-8(11)3-2-7(9)4-10(12)13-6/h2-5H,1H2. The third-order valence-electron chi connectivity index (χ3n) is 1.81. The molecule has 3 heteroatoms. The van der Waals surface area contributed by atoms with Gasteiger partial charge in [0.05, 0.1) is 0 Å². The van der Waals surface area contributed by atoms with Gasteiger partial charge in [0.15, 0.2) is 3.77 Å². The van der Waals surface area contributed by atoms with E-state index in [0.717, 1.165) is 15.1 Å². The van der Waals surface area contributed by atoms with Gasteiger partial charge in [-0.1, -0.05) is 12.6 Å². The van der Waals surface area contributed by atoms with Crippen LogP contribution in [0.3, 0.4) is 0 Å². The van der Waals surface area contributed by atoms with Crippen LogP contribution in [0.5, 0.6) is 0 Å². The second-order valence-corrected chi connectivity index (χ2v) is 5.01. The minimum absolute atomic E-state index is 0.736. The van der Waals surface area contributed by atoms with Crippen LogP contribution < -0.4 is 0 Å². The molecule has 0 bridgehead atoms. The molecular weight excluding hydrogens is 390 g/mol. The fraction of sp³-hybridized carbons (Fsp3) is 0. The molecule has 0 aromatic heterocycles. The van der Waals surface area contributed by atoms with E-state index in [0.29, 0.717) is 0 Å². The van der Waals surface area contributed by atoms with E-state index in [9.17, 15) is 0 Å². The van der Waals surface area contributed by atoms with Gasteiger partial charge in [-0.15, -0.1) is 0 Å². The molecule has 66 valence electrons. The fourth-order valence-electron chi connectivity index (χ4n) is 1.22. The van der Waals surface area contributed by atoms with Gasteiger partial charge in [-0.2, -0.15) is 0 Å². The summed E-state index contributed by atoms with van der Waals surface area (Å²) in [5.41, 5.74) is 2.27. The summed E-state index contributed by atoms with van der Waals surface area (Å²) in [5.74, 6) is 0.736. The maximum Gasteiger partial charge on any atom is 0.164 e. The van der Waals surface area contributed by atoms with E-state index in [1.54, 1.807) is 0 Å². The zero-order valence-corrected chi connectivity index (χ0v) is 11.0. The first kappa shape index (κ1) is 9.51. The van der Waals surface area contributed by atoms with Crippen LogP contribution in [-0.4, -0.2) is 0 Å². The van der Waals surface area contributed by atoms with E-state index >= 15 is 0 Å². The molecule has 1 aliphatic heterocycles. The Bertz CT molecular complexity index is 407. The Morgan fingerprint density at radius 3 is 2.77 bits per heavy atom. The van der Waals surface area contributed by atoms with Crippen LogP contribution in [0.15, 0.2) is 28.5 Å².